The Morgan fingerprint density at radius 1 is 1.39 bits per heavy atom. The van der Waals surface area contributed by atoms with Gasteiger partial charge in [0, 0.05) is 17.2 Å². The maximum Gasteiger partial charge on any atom is 0.157 e. The molecule has 18 heavy (non-hydrogen) atoms. The molecule has 1 saturated carbocycles. The molecule has 1 atom stereocenters. The number of aliphatic imine (C=N–C) groups is 1. The van der Waals surface area contributed by atoms with Crippen molar-refractivity contribution in [3.05, 3.63) is 22.4 Å². The molecular formula is C14H20N2S2. The van der Waals surface area contributed by atoms with Crippen molar-refractivity contribution in [2.75, 3.05) is 12.3 Å². The van der Waals surface area contributed by atoms with E-state index in [4.69, 9.17) is 4.99 Å². The highest BCUT2D eigenvalue weighted by Crippen LogP contribution is 2.43. The number of hydrogen-bond acceptors (Lipinski definition) is 4. The zero-order chi connectivity index (χ0) is 12.4. The van der Waals surface area contributed by atoms with E-state index in [0.717, 1.165) is 11.7 Å². The molecule has 1 aliphatic carbocycles. The van der Waals surface area contributed by atoms with Gasteiger partial charge in [-0.2, -0.15) is 0 Å². The van der Waals surface area contributed by atoms with E-state index in [9.17, 15) is 0 Å². The number of thiophene rings is 1. The Balaban J connectivity index is 1.60. The normalized spacial score (nSPS) is 23.9. The molecule has 3 rings (SSSR count). The maximum absolute atomic E-state index is 4.79. The van der Waals surface area contributed by atoms with Crippen LogP contribution in [0.2, 0.25) is 0 Å². The van der Waals surface area contributed by atoms with Crippen LogP contribution in [0.4, 0.5) is 0 Å². The van der Waals surface area contributed by atoms with Gasteiger partial charge in [-0.15, -0.1) is 11.3 Å². The summed E-state index contributed by atoms with van der Waals surface area (Å²) in [7, 11) is 0. The van der Waals surface area contributed by atoms with E-state index in [0.29, 0.717) is 11.5 Å². The number of amidine groups is 1. The highest BCUT2D eigenvalue weighted by atomic mass is 32.2. The van der Waals surface area contributed by atoms with Gasteiger partial charge in [0.15, 0.2) is 5.17 Å². The van der Waals surface area contributed by atoms with Gasteiger partial charge < -0.3 is 5.32 Å². The fourth-order valence-corrected chi connectivity index (χ4v) is 4.83. The van der Waals surface area contributed by atoms with Crippen LogP contribution in [0.1, 0.15) is 43.5 Å². The van der Waals surface area contributed by atoms with E-state index in [1.807, 2.05) is 23.1 Å². The monoisotopic (exact) mass is 280 g/mol. The van der Waals surface area contributed by atoms with Gasteiger partial charge >= 0.3 is 0 Å². The van der Waals surface area contributed by atoms with Gasteiger partial charge in [-0.25, -0.2) is 0 Å². The van der Waals surface area contributed by atoms with E-state index in [-0.39, 0.29) is 0 Å². The minimum atomic E-state index is 0.383. The van der Waals surface area contributed by atoms with Crippen LogP contribution in [-0.4, -0.2) is 17.5 Å². The van der Waals surface area contributed by atoms with Crippen LogP contribution in [-0.2, 0) is 0 Å². The summed E-state index contributed by atoms with van der Waals surface area (Å²) >= 11 is 3.74. The first-order valence-electron chi connectivity index (χ1n) is 6.75. The summed E-state index contributed by atoms with van der Waals surface area (Å²) in [4.78, 5) is 6.18. The summed E-state index contributed by atoms with van der Waals surface area (Å²) in [6.07, 6.45) is 5.59. The molecule has 98 valence electrons. The van der Waals surface area contributed by atoms with Crippen molar-refractivity contribution in [3.63, 3.8) is 0 Å². The van der Waals surface area contributed by atoms with Gasteiger partial charge in [0.25, 0.3) is 0 Å². The molecule has 1 aromatic rings. The molecule has 1 unspecified atom stereocenters. The second-order valence-electron chi connectivity index (χ2n) is 5.50. The van der Waals surface area contributed by atoms with Crippen LogP contribution >= 0.6 is 23.1 Å². The highest BCUT2D eigenvalue weighted by Gasteiger charge is 2.36. The summed E-state index contributed by atoms with van der Waals surface area (Å²) in [6, 6.07) is 4.69. The predicted octanol–water partition coefficient (Wildman–Crippen LogP) is 4.06. The standard InChI is InChI=1S/C14H20N2S2/c1-11(12-5-4-8-17-12)16-13-15-9-14(10-18-13)6-2-3-7-14/h4-5,8,11H,2-3,6-7,9-10H2,1H3,(H,15,16). The van der Waals surface area contributed by atoms with Crippen molar-refractivity contribution in [2.24, 2.45) is 10.4 Å². The van der Waals surface area contributed by atoms with Crippen molar-refractivity contribution >= 4 is 28.3 Å². The third-order valence-corrected chi connectivity index (χ3v) is 6.38. The lowest BCUT2D eigenvalue weighted by atomic mass is 9.89. The lowest BCUT2D eigenvalue weighted by Crippen LogP contribution is -2.34. The van der Waals surface area contributed by atoms with Gasteiger partial charge in [0.05, 0.1) is 6.04 Å². The first kappa shape index (κ1) is 12.5. The Bertz CT molecular complexity index is 419. The molecule has 0 amide bonds. The minimum absolute atomic E-state index is 0.383. The van der Waals surface area contributed by atoms with E-state index < -0.39 is 0 Å². The van der Waals surface area contributed by atoms with E-state index in [1.54, 1.807) is 0 Å². The van der Waals surface area contributed by atoms with Crippen molar-refractivity contribution in [2.45, 2.75) is 38.6 Å². The second-order valence-corrected chi connectivity index (χ2v) is 7.44. The number of nitrogens with zero attached hydrogens (tertiary/aromatic N) is 1. The van der Waals surface area contributed by atoms with Crippen LogP contribution in [0.25, 0.3) is 0 Å². The molecule has 1 aliphatic heterocycles. The van der Waals surface area contributed by atoms with Crippen molar-refractivity contribution in [1.82, 2.24) is 5.32 Å². The Morgan fingerprint density at radius 3 is 2.83 bits per heavy atom. The molecule has 2 heterocycles. The Hall–Kier alpha value is -0.480. The van der Waals surface area contributed by atoms with E-state index >= 15 is 0 Å². The maximum atomic E-state index is 4.79. The number of thioether (sulfide) groups is 1. The highest BCUT2D eigenvalue weighted by molar-refractivity contribution is 8.13. The van der Waals surface area contributed by atoms with Gasteiger partial charge in [-0.3, -0.25) is 4.99 Å². The van der Waals surface area contributed by atoms with Gasteiger partial charge in [-0.05, 0) is 36.6 Å². The molecule has 0 radical (unpaired) electrons. The largest absolute Gasteiger partial charge is 0.358 e. The van der Waals surface area contributed by atoms with Crippen LogP contribution in [0.15, 0.2) is 22.5 Å². The summed E-state index contributed by atoms with van der Waals surface area (Å²) in [5.41, 5.74) is 0.544. The minimum Gasteiger partial charge on any atom is -0.358 e. The lowest BCUT2D eigenvalue weighted by molar-refractivity contribution is 0.358. The molecule has 1 spiro atoms. The van der Waals surface area contributed by atoms with Crippen LogP contribution in [0.5, 0.6) is 0 Å². The van der Waals surface area contributed by atoms with Crippen molar-refractivity contribution in [1.29, 1.82) is 0 Å². The van der Waals surface area contributed by atoms with Gasteiger partial charge in [0.1, 0.15) is 0 Å². The fourth-order valence-electron chi connectivity index (χ4n) is 2.86. The van der Waals surface area contributed by atoms with Crippen LogP contribution < -0.4 is 5.32 Å². The summed E-state index contributed by atoms with van der Waals surface area (Å²) in [5.74, 6) is 1.26. The average Bonchev–Trinajstić information content (AvgIpc) is 3.04. The van der Waals surface area contributed by atoms with Crippen molar-refractivity contribution in [3.8, 4) is 0 Å². The zero-order valence-electron chi connectivity index (χ0n) is 10.8. The Labute approximate surface area is 117 Å². The average molecular weight is 280 g/mol. The topological polar surface area (TPSA) is 24.4 Å². The fraction of sp³-hybridized carbons (Fsp3) is 0.643. The number of rotatable bonds is 2. The van der Waals surface area contributed by atoms with E-state index in [1.165, 1.54) is 36.3 Å². The molecule has 0 aromatic carbocycles. The van der Waals surface area contributed by atoms with Gasteiger partial charge in [0.2, 0.25) is 0 Å². The second kappa shape index (κ2) is 5.25. The Kier molecular flexibility index (Phi) is 3.66. The molecular weight excluding hydrogens is 260 g/mol. The lowest BCUT2D eigenvalue weighted by Gasteiger charge is -2.31. The number of hydrogen-bond donors (Lipinski definition) is 1. The van der Waals surface area contributed by atoms with Crippen molar-refractivity contribution < 1.29 is 0 Å². The summed E-state index contributed by atoms with van der Waals surface area (Å²) < 4.78 is 0. The number of nitrogens with one attached hydrogen (secondary N) is 1. The first-order chi connectivity index (χ1) is 8.77. The molecule has 4 heteroatoms. The van der Waals surface area contributed by atoms with Crippen LogP contribution in [0.3, 0.4) is 0 Å². The third-order valence-electron chi connectivity index (χ3n) is 4.05. The first-order valence-corrected chi connectivity index (χ1v) is 8.61. The zero-order valence-corrected chi connectivity index (χ0v) is 12.4. The molecule has 0 saturated heterocycles. The van der Waals surface area contributed by atoms with E-state index in [2.05, 4.69) is 29.8 Å². The smallest absolute Gasteiger partial charge is 0.157 e. The molecule has 2 aliphatic rings. The molecule has 2 nitrogen and oxygen atoms in total. The summed E-state index contributed by atoms with van der Waals surface area (Å²) in [6.45, 7) is 3.26. The molecule has 1 N–H and O–H groups in total. The Morgan fingerprint density at radius 2 is 2.22 bits per heavy atom. The van der Waals surface area contributed by atoms with Crippen LogP contribution in [0, 0.1) is 5.41 Å². The predicted molar refractivity (Wildman–Crippen MR) is 81.5 cm³/mol. The van der Waals surface area contributed by atoms with Gasteiger partial charge in [-0.1, -0.05) is 30.7 Å². The molecule has 0 bridgehead atoms. The third kappa shape index (κ3) is 2.59. The quantitative estimate of drug-likeness (QED) is 0.883. The summed E-state index contributed by atoms with van der Waals surface area (Å²) in [5, 5.41) is 6.83. The SMILES string of the molecule is CC(NC1=NCC2(CCCC2)CS1)c1cccs1. The molecule has 1 aromatic heterocycles. The molecule has 1 fully saturated rings.